The van der Waals surface area contributed by atoms with Crippen molar-refractivity contribution < 1.29 is 28.6 Å². The second-order valence-corrected chi connectivity index (χ2v) is 18.5. The minimum Gasteiger partial charge on any atom is -0.462 e. The number of allylic oxidation sites excluding steroid dienone is 14. The number of esters is 3. The smallest absolute Gasteiger partial charge is 0.306 e. The summed E-state index contributed by atoms with van der Waals surface area (Å²) in [7, 11) is 0. The van der Waals surface area contributed by atoms with Crippen LogP contribution in [0.5, 0.6) is 0 Å². The quantitative estimate of drug-likeness (QED) is 0.0262. The number of rotatable bonds is 50. The van der Waals surface area contributed by atoms with Gasteiger partial charge in [0.05, 0.1) is 0 Å². The lowest BCUT2D eigenvalue weighted by Gasteiger charge is -2.18. The van der Waals surface area contributed by atoms with Gasteiger partial charge in [0.2, 0.25) is 0 Å². The van der Waals surface area contributed by atoms with Crippen LogP contribution in [0, 0.1) is 0 Å². The highest BCUT2D eigenvalue weighted by Gasteiger charge is 2.19. The summed E-state index contributed by atoms with van der Waals surface area (Å²) in [5, 5.41) is 0. The van der Waals surface area contributed by atoms with Crippen LogP contribution < -0.4 is 0 Å². The van der Waals surface area contributed by atoms with Gasteiger partial charge >= 0.3 is 17.9 Å². The largest absolute Gasteiger partial charge is 0.462 e. The van der Waals surface area contributed by atoms with Crippen molar-refractivity contribution in [3.05, 3.63) is 85.1 Å². The Balaban J connectivity index is 4.49. The normalized spacial score (nSPS) is 12.7. The van der Waals surface area contributed by atoms with Gasteiger partial charge in [-0.25, -0.2) is 0 Å². The summed E-state index contributed by atoms with van der Waals surface area (Å²) >= 11 is 0. The SMILES string of the molecule is CCCCC/C=C\C/C=C\C/C=C\CCCCCCC(=O)OC[C@@H](COC(=O)CCCCCCC/C=C\CCCCCCCC)OC(=O)CCCCCC/C=C\C/C=C\C/C=C\CCCCC. The zero-order valence-corrected chi connectivity index (χ0v) is 43.9. The van der Waals surface area contributed by atoms with Crippen LogP contribution in [0.3, 0.4) is 0 Å². The van der Waals surface area contributed by atoms with Crippen LogP contribution in [0.4, 0.5) is 0 Å². The van der Waals surface area contributed by atoms with E-state index in [0.29, 0.717) is 19.3 Å². The molecule has 0 aliphatic carbocycles. The lowest BCUT2D eigenvalue weighted by Crippen LogP contribution is -2.30. The van der Waals surface area contributed by atoms with E-state index in [2.05, 4.69) is 106 Å². The van der Waals surface area contributed by atoms with E-state index in [4.69, 9.17) is 14.2 Å². The molecule has 0 saturated carbocycles. The van der Waals surface area contributed by atoms with Gasteiger partial charge in [-0.05, 0) is 122 Å². The molecule has 384 valence electrons. The zero-order chi connectivity index (χ0) is 48.6. The van der Waals surface area contributed by atoms with Crippen molar-refractivity contribution in [2.24, 2.45) is 0 Å². The summed E-state index contributed by atoms with van der Waals surface area (Å²) in [5.41, 5.74) is 0. The van der Waals surface area contributed by atoms with Crippen molar-refractivity contribution in [2.75, 3.05) is 13.2 Å². The first kappa shape index (κ1) is 63.6. The Morgan fingerprint density at radius 1 is 0.299 bits per heavy atom. The van der Waals surface area contributed by atoms with E-state index in [-0.39, 0.29) is 31.1 Å². The van der Waals surface area contributed by atoms with E-state index in [0.717, 1.165) is 116 Å². The van der Waals surface area contributed by atoms with Crippen LogP contribution in [0.2, 0.25) is 0 Å². The molecule has 6 nitrogen and oxygen atoms in total. The predicted molar refractivity (Wildman–Crippen MR) is 288 cm³/mol. The molecule has 0 fully saturated rings. The van der Waals surface area contributed by atoms with E-state index < -0.39 is 6.10 Å². The molecule has 0 rings (SSSR count). The monoisotopic (exact) mass is 933 g/mol. The summed E-state index contributed by atoms with van der Waals surface area (Å²) in [5.74, 6) is -0.946. The fraction of sp³-hybridized carbons (Fsp3) is 0.721. The molecule has 0 aromatic carbocycles. The van der Waals surface area contributed by atoms with Crippen LogP contribution in [0.15, 0.2) is 85.1 Å². The van der Waals surface area contributed by atoms with Crippen molar-refractivity contribution in [2.45, 2.75) is 271 Å². The van der Waals surface area contributed by atoms with Crippen molar-refractivity contribution in [3.8, 4) is 0 Å². The van der Waals surface area contributed by atoms with Gasteiger partial charge in [-0.2, -0.15) is 0 Å². The zero-order valence-electron chi connectivity index (χ0n) is 43.9. The maximum Gasteiger partial charge on any atom is 0.306 e. The fourth-order valence-corrected chi connectivity index (χ4v) is 7.57. The number of carbonyl (C=O) groups is 3. The second kappa shape index (κ2) is 55.2. The van der Waals surface area contributed by atoms with E-state index in [1.807, 2.05) is 0 Å². The van der Waals surface area contributed by atoms with Gasteiger partial charge in [-0.1, -0.05) is 209 Å². The number of hydrogen-bond acceptors (Lipinski definition) is 6. The minimum atomic E-state index is -0.802. The van der Waals surface area contributed by atoms with Gasteiger partial charge in [-0.15, -0.1) is 0 Å². The first-order valence-electron chi connectivity index (χ1n) is 28.1. The summed E-state index contributed by atoms with van der Waals surface area (Å²) in [6, 6.07) is 0. The molecule has 67 heavy (non-hydrogen) atoms. The Bertz CT molecular complexity index is 1300. The molecule has 0 aromatic rings. The molecule has 0 aliphatic rings. The standard InChI is InChI=1S/C61H104O6/c1-4-7-10-13-16-19-22-25-28-30-33-36-39-42-45-48-51-54-60(63)66-57-58(56-65-59(62)53-50-47-44-41-38-35-32-27-24-21-18-15-12-9-6-3)67-61(64)55-52-49-46-43-40-37-34-31-29-26-23-20-17-14-11-8-5-2/h16-17,19-20,25-29,32-34,36-37,58H,4-15,18,21-24,30-31,35,38-57H2,1-3H3/b19-16-,20-17-,28-25-,29-26-,32-27-,36-33-,37-34-/t58-/m1/s1. The first-order chi connectivity index (χ1) is 33.0. The molecular weight excluding hydrogens is 829 g/mol. The molecule has 0 spiro atoms. The van der Waals surface area contributed by atoms with Crippen LogP contribution in [0.25, 0.3) is 0 Å². The molecule has 0 heterocycles. The Labute approximate surface area is 414 Å². The molecule has 0 unspecified atom stereocenters. The highest BCUT2D eigenvalue weighted by molar-refractivity contribution is 5.71. The van der Waals surface area contributed by atoms with Crippen molar-refractivity contribution in [3.63, 3.8) is 0 Å². The number of carbonyl (C=O) groups excluding carboxylic acids is 3. The Kier molecular flexibility index (Phi) is 52.4. The highest BCUT2D eigenvalue weighted by Crippen LogP contribution is 2.13. The van der Waals surface area contributed by atoms with E-state index in [9.17, 15) is 14.4 Å². The van der Waals surface area contributed by atoms with E-state index >= 15 is 0 Å². The lowest BCUT2D eigenvalue weighted by molar-refractivity contribution is -0.167. The number of hydrogen-bond donors (Lipinski definition) is 0. The van der Waals surface area contributed by atoms with Crippen LogP contribution in [-0.4, -0.2) is 37.2 Å². The van der Waals surface area contributed by atoms with Crippen LogP contribution >= 0.6 is 0 Å². The van der Waals surface area contributed by atoms with Gasteiger partial charge in [0.15, 0.2) is 6.10 Å². The topological polar surface area (TPSA) is 78.9 Å². The van der Waals surface area contributed by atoms with Gasteiger partial charge in [0.1, 0.15) is 13.2 Å². The molecule has 0 saturated heterocycles. The van der Waals surface area contributed by atoms with Crippen LogP contribution in [-0.2, 0) is 28.6 Å². The summed E-state index contributed by atoms with van der Waals surface area (Å²) in [6.45, 7) is 6.54. The van der Waals surface area contributed by atoms with Gasteiger partial charge in [-0.3, -0.25) is 14.4 Å². The third kappa shape index (κ3) is 53.4. The predicted octanol–water partition coefficient (Wildman–Crippen LogP) is 18.8. The minimum absolute atomic E-state index is 0.0975. The van der Waals surface area contributed by atoms with E-state index in [1.54, 1.807) is 0 Å². The van der Waals surface area contributed by atoms with Crippen molar-refractivity contribution in [1.82, 2.24) is 0 Å². The van der Waals surface area contributed by atoms with Crippen LogP contribution in [0.1, 0.15) is 265 Å². The maximum atomic E-state index is 12.8. The number of ether oxygens (including phenoxy) is 3. The molecular formula is C61H104O6. The molecule has 0 amide bonds. The third-order valence-electron chi connectivity index (χ3n) is 11.8. The maximum absolute atomic E-state index is 12.8. The molecule has 1 atom stereocenters. The Morgan fingerprint density at radius 2 is 0.537 bits per heavy atom. The molecule has 6 heteroatoms. The highest BCUT2D eigenvalue weighted by atomic mass is 16.6. The molecule has 0 radical (unpaired) electrons. The van der Waals surface area contributed by atoms with Gasteiger partial charge in [0.25, 0.3) is 0 Å². The second-order valence-electron chi connectivity index (χ2n) is 18.5. The summed E-state index contributed by atoms with van der Waals surface area (Å²) < 4.78 is 16.8. The number of unbranched alkanes of at least 4 members (excludes halogenated alkanes) is 25. The average molecular weight is 933 g/mol. The van der Waals surface area contributed by atoms with E-state index in [1.165, 1.54) is 109 Å². The Hall–Kier alpha value is -3.41. The van der Waals surface area contributed by atoms with Crippen molar-refractivity contribution >= 4 is 17.9 Å². The lowest BCUT2D eigenvalue weighted by atomic mass is 10.1. The van der Waals surface area contributed by atoms with Crippen molar-refractivity contribution in [1.29, 1.82) is 0 Å². The molecule has 0 N–H and O–H groups in total. The Morgan fingerprint density at radius 3 is 0.881 bits per heavy atom. The average Bonchev–Trinajstić information content (AvgIpc) is 3.33. The third-order valence-corrected chi connectivity index (χ3v) is 11.8. The molecule has 0 aliphatic heterocycles. The first-order valence-corrected chi connectivity index (χ1v) is 28.1. The fourth-order valence-electron chi connectivity index (χ4n) is 7.57. The van der Waals surface area contributed by atoms with Gasteiger partial charge < -0.3 is 14.2 Å². The molecule has 0 aromatic heterocycles. The summed E-state index contributed by atoms with van der Waals surface area (Å²) in [4.78, 5) is 38.1. The summed E-state index contributed by atoms with van der Waals surface area (Å²) in [6.07, 6.45) is 71.3. The van der Waals surface area contributed by atoms with Gasteiger partial charge in [0, 0.05) is 19.3 Å². The molecule has 0 bridgehead atoms.